The van der Waals surface area contributed by atoms with Crippen LogP contribution in [0.4, 0.5) is 0 Å². The second-order valence-electron chi connectivity index (χ2n) is 3.78. The highest BCUT2D eigenvalue weighted by Gasteiger charge is 1.99. The third-order valence-corrected chi connectivity index (χ3v) is 2.53. The van der Waals surface area contributed by atoms with Crippen molar-refractivity contribution in [1.82, 2.24) is 0 Å². The molecule has 0 fully saturated rings. The van der Waals surface area contributed by atoms with E-state index in [2.05, 4.69) is 36.2 Å². The van der Waals surface area contributed by atoms with Gasteiger partial charge >= 0.3 is 0 Å². The highest BCUT2D eigenvalue weighted by Crippen LogP contribution is 2.15. The maximum absolute atomic E-state index is 4.54. The maximum Gasteiger partial charge on any atom is 0.0721 e. The van der Waals surface area contributed by atoms with E-state index >= 15 is 0 Å². The number of benzene rings is 2. The molecule has 0 bridgehead atoms. The number of nitrogens with zero attached hydrogens (tertiary/aromatic N) is 1. The van der Waals surface area contributed by atoms with Crippen LogP contribution in [0.3, 0.4) is 0 Å². The van der Waals surface area contributed by atoms with Gasteiger partial charge in [-0.1, -0.05) is 60.7 Å². The molecule has 2 aromatic rings. The lowest BCUT2D eigenvalue weighted by Gasteiger charge is -2.05. The number of hydrogen-bond acceptors (Lipinski definition) is 1. The van der Waals surface area contributed by atoms with Crippen LogP contribution in [-0.2, 0) is 0 Å². The summed E-state index contributed by atoms with van der Waals surface area (Å²) in [6, 6.07) is 20.7. The Labute approximate surface area is 96.5 Å². The first-order valence-corrected chi connectivity index (χ1v) is 5.49. The Morgan fingerprint density at radius 1 is 0.875 bits per heavy atom. The average Bonchev–Trinajstić information content (AvgIpc) is 2.38. The smallest absolute Gasteiger partial charge is 0.0721 e. The second kappa shape index (κ2) is 5.26. The van der Waals surface area contributed by atoms with Gasteiger partial charge in [-0.3, -0.25) is 4.99 Å². The number of hydrogen-bond donors (Lipinski definition) is 0. The van der Waals surface area contributed by atoms with Crippen LogP contribution >= 0.6 is 0 Å². The second-order valence-corrected chi connectivity index (χ2v) is 3.78. The van der Waals surface area contributed by atoms with E-state index in [9.17, 15) is 0 Å². The van der Waals surface area contributed by atoms with Crippen molar-refractivity contribution >= 4 is 6.21 Å². The predicted molar refractivity (Wildman–Crippen MR) is 68.9 cm³/mol. The molecule has 1 heteroatoms. The zero-order valence-corrected chi connectivity index (χ0v) is 9.38. The number of rotatable bonds is 3. The molecule has 0 aliphatic heterocycles. The topological polar surface area (TPSA) is 12.4 Å². The van der Waals surface area contributed by atoms with Crippen LogP contribution in [0.15, 0.2) is 65.7 Å². The van der Waals surface area contributed by atoms with E-state index in [1.54, 1.807) is 0 Å². The van der Waals surface area contributed by atoms with Crippen molar-refractivity contribution in [1.29, 1.82) is 0 Å². The van der Waals surface area contributed by atoms with Crippen molar-refractivity contribution in [2.75, 3.05) is 0 Å². The van der Waals surface area contributed by atoms with E-state index in [1.807, 2.05) is 42.6 Å². The van der Waals surface area contributed by atoms with Gasteiger partial charge in [-0.25, -0.2) is 0 Å². The SMILES string of the molecule is C[C@H](N=Cc1ccccc1)c1ccccc1. The molecular weight excluding hydrogens is 194 g/mol. The molecule has 0 N–H and O–H groups in total. The quantitative estimate of drug-likeness (QED) is 0.680. The molecule has 16 heavy (non-hydrogen) atoms. The van der Waals surface area contributed by atoms with Crippen molar-refractivity contribution in [2.45, 2.75) is 13.0 Å². The molecule has 2 rings (SSSR count). The van der Waals surface area contributed by atoms with Crippen molar-refractivity contribution in [3.05, 3.63) is 71.8 Å². The van der Waals surface area contributed by atoms with Gasteiger partial charge in [0.05, 0.1) is 6.04 Å². The van der Waals surface area contributed by atoms with Crippen LogP contribution in [-0.4, -0.2) is 6.21 Å². The molecule has 2 aromatic carbocycles. The monoisotopic (exact) mass is 209 g/mol. The lowest BCUT2D eigenvalue weighted by Crippen LogP contribution is -1.90. The third kappa shape index (κ3) is 2.80. The highest BCUT2D eigenvalue weighted by atomic mass is 14.8. The molecule has 1 nitrogen and oxygen atoms in total. The predicted octanol–water partition coefficient (Wildman–Crippen LogP) is 3.87. The van der Waals surface area contributed by atoms with Crippen LogP contribution in [0.2, 0.25) is 0 Å². The molecule has 0 aliphatic carbocycles. The summed E-state index contributed by atoms with van der Waals surface area (Å²) in [7, 11) is 0. The third-order valence-electron chi connectivity index (χ3n) is 2.53. The minimum atomic E-state index is 0.210. The molecule has 0 aliphatic rings. The fraction of sp³-hybridized carbons (Fsp3) is 0.133. The Balaban J connectivity index is 2.08. The molecule has 0 heterocycles. The maximum atomic E-state index is 4.54. The minimum Gasteiger partial charge on any atom is -0.285 e. The summed E-state index contributed by atoms with van der Waals surface area (Å²) in [5, 5.41) is 0. The van der Waals surface area contributed by atoms with Gasteiger partial charge in [0.15, 0.2) is 0 Å². The zero-order valence-electron chi connectivity index (χ0n) is 9.38. The van der Waals surface area contributed by atoms with Gasteiger partial charge in [0.2, 0.25) is 0 Å². The summed E-state index contributed by atoms with van der Waals surface area (Å²) in [6.07, 6.45) is 1.93. The van der Waals surface area contributed by atoms with Crippen LogP contribution < -0.4 is 0 Å². The summed E-state index contributed by atoms with van der Waals surface area (Å²) in [6.45, 7) is 2.11. The van der Waals surface area contributed by atoms with Crippen molar-refractivity contribution in [3.63, 3.8) is 0 Å². The van der Waals surface area contributed by atoms with Crippen molar-refractivity contribution < 1.29 is 0 Å². The fourth-order valence-electron chi connectivity index (χ4n) is 1.55. The molecule has 0 amide bonds. The van der Waals surface area contributed by atoms with E-state index in [4.69, 9.17) is 0 Å². The molecule has 0 aromatic heterocycles. The zero-order chi connectivity index (χ0) is 11.2. The molecule has 0 radical (unpaired) electrons. The van der Waals surface area contributed by atoms with E-state index in [-0.39, 0.29) is 6.04 Å². The summed E-state index contributed by atoms with van der Waals surface area (Å²) < 4.78 is 0. The van der Waals surface area contributed by atoms with Gasteiger partial charge in [0, 0.05) is 6.21 Å². The fourth-order valence-corrected chi connectivity index (χ4v) is 1.55. The van der Waals surface area contributed by atoms with Crippen LogP contribution in [0.25, 0.3) is 0 Å². The lowest BCUT2D eigenvalue weighted by atomic mass is 10.1. The Morgan fingerprint density at radius 2 is 1.44 bits per heavy atom. The first-order valence-electron chi connectivity index (χ1n) is 5.49. The average molecular weight is 209 g/mol. The summed E-state index contributed by atoms with van der Waals surface area (Å²) in [4.78, 5) is 4.54. The molecular formula is C15H15N. The van der Waals surface area contributed by atoms with Crippen molar-refractivity contribution in [3.8, 4) is 0 Å². The summed E-state index contributed by atoms with van der Waals surface area (Å²) >= 11 is 0. The van der Waals surface area contributed by atoms with E-state index in [1.165, 1.54) is 5.56 Å². The standard InChI is InChI=1S/C15H15N/c1-13(15-10-6-3-7-11-15)16-12-14-8-4-2-5-9-14/h2-13H,1H3/t13-/m0/s1. The van der Waals surface area contributed by atoms with E-state index in [0.717, 1.165) is 5.56 Å². The Hall–Kier alpha value is -1.89. The molecule has 0 saturated heterocycles. The van der Waals surface area contributed by atoms with E-state index in [0.29, 0.717) is 0 Å². The number of aliphatic imine (C=N–C) groups is 1. The normalized spacial score (nSPS) is 12.8. The Kier molecular flexibility index (Phi) is 3.50. The highest BCUT2D eigenvalue weighted by molar-refractivity contribution is 5.79. The summed E-state index contributed by atoms with van der Waals surface area (Å²) in [5.41, 5.74) is 2.39. The van der Waals surface area contributed by atoms with Crippen LogP contribution in [0.1, 0.15) is 24.1 Å². The minimum absolute atomic E-state index is 0.210. The first kappa shape index (κ1) is 10.6. The Bertz CT molecular complexity index is 445. The van der Waals surface area contributed by atoms with Crippen molar-refractivity contribution in [2.24, 2.45) is 4.99 Å². The van der Waals surface area contributed by atoms with Gasteiger partial charge in [0.25, 0.3) is 0 Å². The van der Waals surface area contributed by atoms with Gasteiger partial charge in [0.1, 0.15) is 0 Å². The van der Waals surface area contributed by atoms with Gasteiger partial charge < -0.3 is 0 Å². The lowest BCUT2D eigenvalue weighted by molar-refractivity contribution is 0.825. The van der Waals surface area contributed by atoms with Gasteiger partial charge in [-0.15, -0.1) is 0 Å². The molecule has 0 saturated carbocycles. The summed E-state index contributed by atoms with van der Waals surface area (Å²) in [5.74, 6) is 0. The molecule has 0 spiro atoms. The van der Waals surface area contributed by atoms with Gasteiger partial charge in [-0.2, -0.15) is 0 Å². The molecule has 1 atom stereocenters. The molecule has 0 unspecified atom stereocenters. The molecule has 80 valence electrons. The van der Waals surface area contributed by atoms with Gasteiger partial charge in [-0.05, 0) is 18.1 Å². The van der Waals surface area contributed by atoms with E-state index < -0.39 is 0 Å². The first-order chi connectivity index (χ1) is 7.86. The Morgan fingerprint density at radius 3 is 2.06 bits per heavy atom. The van der Waals surface area contributed by atoms with Crippen LogP contribution in [0, 0.1) is 0 Å². The largest absolute Gasteiger partial charge is 0.285 e. The van der Waals surface area contributed by atoms with Crippen LogP contribution in [0.5, 0.6) is 0 Å².